The Hall–Kier alpha value is -1.88. The lowest BCUT2D eigenvalue weighted by Gasteiger charge is -2.26. The summed E-state index contributed by atoms with van der Waals surface area (Å²) in [5, 5.41) is 3.34. The lowest BCUT2D eigenvalue weighted by molar-refractivity contribution is -0.131. The number of aromatic nitrogens is 2. The molecule has 1 aromatic carbocycles. The zero-order valence-corrected chi connectivity index (χ0v) is 13.2. The number of benzene rings is 1. The highest BCUT2D eigenvalue weighted by Gasteiger charge is 2.15. The van der Waals surface area contributed by atoms with E-state index in [1.165, 1.54) is 6.42 Å². The topological polar surface area (TPSA) is 50.2 Å². The highest BCUT2D eigenvalue weighted by Crippen LogP contribution is 2.14. The number of carbonyl (C=O) groups excluding carboxylic acids is 1. The van der Waals surface area contributed by atoms with Crippen LogP contribution in [0.5, 0.6) is 0 Å². The Bertz CT molecular complexity index is 643. The second kappa shape index (κ2) is 6.92. The largest absolute Gasteiger partial charge is 0.343 e. The van der Waals surface area contributed by atoms with Crippen LogP contribution in [0.15, 0.2) is 24.3 Å². The third-order valence-electron chi connectivity index (χ3n) is 4.39. The summed E-state index contributed by atoms with van der Waals surface area (Å²) in [5.74, 6) is 1.28. The first-order valence-electron chi connectivity index (χ1n) is 8.14. The summed E-state index contributed by atoms with van der Waals surface area (Å²) in [5.41, 5.74) is 2.16. The molecule has 0 radical (unpaired) electrons. The average molecular weight is 300 g/mol. The van der Waals surface area contributed by atoms with Gasteiger partial charge in [-0.2, -0.15) is 0 Å². The standard InChI is InChI=1S/C17H24N4O/c1-20-15-8-4-3-7-14(15)19-16(20)13-18-10-9-17(22)21-11-5-2-6-12-21/h3-4,7-8,18H,2,5-6,9-13H2,1H3. The number of rotatable bonds is 5. The first-order valence-corrected chi connectivity index (χ1v) is 8.14. The molecule has 22 heavy (non-hydrogen) atoms. The van der Waals surface area contributed by atoms with Crippen LogP contribution in [0.4, 0.5) is 0 Å². The van der Waals surface area contributed by atoms with E-state index < -0.39 is 0 Å². The van der Waals surface area contributed by atoms with Crippen molar-refractivity contribution in [1.29, 1.82) is 0 Å². The van der Waals surface area contributed by atoms with Gasteiger partial charge in [-0.25, -0.2) is 4.98 Å². The van der Waals surface area contributed by atoms with Crippen LogP contribution in [0, 0.1) is 0 Å². The molecule has 1 aliphatic rings. The number of fused-ring (bicyclic) bond motifs is 1. The van der Waals surface area contributed by atoms with E-state index in [2.05, 4.69) is 20.9 Å². The molecule has 0 unspecified atom stereocenters. The molecule has 1 N–H and O–H groups in total. The maximum absolute atomic E-state index is 12.1. The molecule has 1 fully saturated rings. The van der Waals surface area contributed by atoms with Crippen LogP contribution >= 0.6 is 0 Å². The Kier molecular flexibility index (Phi) is 4.73. The van der Waals surface area contributed by atoms with Crippen molar-refractivity contribution in [2.24, 2.45) is 7.05 Å². The van der Waals surface area contributed by atoms with Gasteiger partial charge in [0.2, 0.25) is 5.91 Å². The molecule has 0 aliphatic carbocycles. The first-order chi connectivity index (χ1) is 10.8. The van der Waals surface area contributed by atoms with Gasteiger partial charge in [0.1, 0.15) is 5.82 Å². The van der Waals surface area contributed by atoms with E-state index in [-0.39, 0.29) is 5.91 Å². The van der Waals surface area contributed by atoms with E-state index in [0.717, 1.165) is 42.8 Å². The molecule has 5 heteroatoms. The number of para-hydroxylation sites is 2. The number of carbonyl (C=O) groups is 1. The molecule has 0 bridgehead atoms. The smallest absolute Gasteiger partial charge is 0.223 e. The van der Waals surface area contributed by atoms with Crippen molar-refractivity contribution in [3.8, 4) is 0 Å². The second-order valence-electron chi connectivity index (χ2n) is 5.94. The Morgan fingerprint density at radius 1 is 1.23 bits per heavy atom. The van der Waals surface area contributed by atoms with Crippen molar-refractivity contribution in [3.05, 3.63) is 30.1 Å². The van der Waals surface area contributed by atoms with E-state index in [4.69, 9.17) is 0 Å². The average Bonchev–Trinajstić information content (AvgIpc) is 2.89. The van der Waals surface area contributed by atoms with Gasteiger partial charge in [-0.1, -0.05) is 12.1 Å². The number of likely N-dealkylation sites (tertiary alicyclic amines) is 1. The zero-order valence-electron chi connectivity index (χ0n) is 13.2. The van der Waals surface area contributed by atoms with Gasteiger partial charge in [0.25, 0.3) is 0 Å². The van der Waals surface area contributed by atoms with Crippen molar-refractivity contribution >= 4 is 16.9 Å². The van der Waals surface area contributed by atoms with Gasteiger partial charge in [-0.15, -0.1) is 0 Å². The van der Waals surface area contributed by atoms with Crippen molar-refractivity contribution in [2.45, 2.75) is 32.2 Å². The maximum atomic E-state index is 12.1. The molecule has 1 amide bonds. The van der Waals surface area contributed by atoms with Gasteiger partial charge in [0.05, 0.1) is 17.6 Å². The summed E-state index contributed by atoms with van der Waals surface area (Å²) in [6.07, 6.45) is 4.14. The van der Waals surface area contributed by atoms with Gasteiger partial charge in [-0.3, -0.25) is 4.79 Å². The zero-order chi connectivity index (χ0) is 15.4. The Balaban J connectivity index is 1.48. The van der Waals surface area contributed by atoms with Crippen LogP contribution in [-0.2, 0) is 18.4 Å². The predicted molar refractivity (Wildman–Crippen MR) is 87.5 cm³/mol. The van der Waals surface area contributed by atoms with Crippen LogP contribution in [-0.4, -0.2) is 40.0 Å². The van der Waals surface area contributed by atoms with E-state index in [0.29, 0.717) is 19.5 Å². The van der Waals surface area contributed by atoms with E-state index in [1.807, 2.05) is 30.1 Å². The van der Waals surface area contributed by atoms with Gasteiger partial charge in [-0.05, 0) is 31.4 Å². The molecule has 1 aromatic heterocycles. The van der Waals surface area contributed by atoms with Crippen molar-refractivity contribution < 1.29 is 4.79 Å². The number of imidazole rings is 1. The third kappa shape index (κ3) is 3.30. The lowest BCUT2D eigenvalue weighted by Crippen LogP contribution is -2.37. The minimum atomic E-state index is 0.275. The summed E-state index contributed by atoms with van der Waals surface area (Å²) in [4.78, 5) is 18.7. The van der Waals surface area contributed by atoms with Gasteiger partial charge in [0, 0.05) is 33.1 Å². The van der Waals surface area contributed by atoms with Crippen molar-refractivity contribution in [3.63, 3.8) is 0 Å². The first kappa shape index (κ1) is 15.0. The minimum absolute atomic E-state index is 0.275. The third-order valence-corrected chi connectivity index (χ3v) is 4.39. The van der Waals surface area contributed by atoms with Crippen LogP contribution in [0.2, 0.25) is 0 Å². The van der Waals surface area contributed by atoms with Crippen molar-refractivity contribution in [2.75, 3.05) is 19.6 Å². The highest BCUT2D eigenvalue weighted by molar-refractivity contribution is 5.76. The van der Waals surface area contributed by atoms with E-state index >= 15 is 0 Å². The summed E-state index contributed by atoms with van der Waals surface area (Å²) in [7, 11) is 2.03. The summed E-state index contributed by atoms with van der Waals surface area (Å²) < 4.78 is 2.11. The normalized spacial score (nSPS) is 15.4. The number of nitrogens with one attached hydrogen (secondary N) is 1. The van der Waals surface area contributed by atoms with Crippen LogP contribution in [0.25, 0.3) is 11.0 Å². The number of nitrogens with zero attached hydrogens (tertiary/aromatic N) is 3. The summed E-state index contributed by atoms with van der Waals surface area (Å²) in [6, 6.07) is 8.13. The Labute approximate surface area is 131 Å². The van der Waals surface area contributed by atoms with Gasteiger partial charge < -0.3 is 14.8 Å². The molecule has 3 rings (SSSR count). The lowest BCUT2D eigenvalue weighted by atomic mass is 10.1. The Morgan fingerprint density at radius 2 is 2.00 bits per heavy atom. The van der Waals surface area contributed by atoms with Crippen LogP contribution in [0.3, 0.4) is 0 Å². The quantitative estimate of drug-likeness (QED) is 0.860. The monoisotopic (exact) mass is 300 g/mol. The molecule has 118 valence electrons. The molecule has 0 atom stereocenters. The van der Waals surface area contributed by atoms with E-state index in [1.54, 1.807) is 0 Å². The fourth-order valence-electron chi connectivity index (χ4n) is 3.05. The molecule has 0 spiro atoms. The number of hydrogen-bond acceptors (Lipinski definition) is 3. The summed E-state index contributed by atoms with van der Waals surface area (Å²) >= 11 is 0. The molecule has 2 heterocycles. The molecule has 5 nitrogen and oxygen atoms in total. The molecule has 2 aromatic rings. The molecule has 1 aliphatic heterocycles. The van der Waals surface area contributed by atoms with Gasteiger partial charge >= 0.3 is 0 Å². The van der Waals surface area contributed by atoms with Crippen LogP contribution < -0.4 is 5.32 Å². The number of aryl methyl sites for hydroxylation is 1. The molecular formula is C17H24N4O. The molecular weight excluding hydrogens is 276 g/mol. The summed E-state index contributed by atoms with van der Waals surface area (Å²) in [6.45, 7) is 3.27. The number of piperidine rings is 1. The van der Waals surface area contributed by atoms with Crippen molar-refractivity contribution in [1.82, 2.24) is 19.8 Å². The van der Waals surface area contributed by atoms with Crippen LogP contribution in [0.1, 0.15) is 31.5 Å². The number of hydrogen-bond donors (Lipinski definition) is 1. The molecule has 1 saturated heterocycles. The van der Waals surface area contributed by atoms with Gasteiger partial charge in [0.15, 0.2) is 0 Å². The van der Waals surface area contributed by atoms with E-state index in [9.17, 15) is 4.79 Å². The number of amides is 1. The second-order valence-corrected chi connectivity index (χ2v) is 5.94. The SMILES string of the molecule is Cn1c(CNCCC(=O)N2CCCCC2)nc2ccccc21. The maximum Gasteiger partial charge on any atom is 0.223 e. The molecule has 0 saturated carbocycles. The Morgan fingerprint density at radius 3 is 2.77 bits per heavy atom. The fourth-order valence-corrected chi connectivity index (χ4v) is 3.05. The fraction of sp³-hybridized carbons (Fsp3) is 0.529. The highest BCUT2D eigenvalue weighted by atomic mass is 16.2. The predicted octanol–water partition coefficient (Wildman–Crippen LogP) is 2.07. The minimum Gasteiger partial charge on any atom is -0.343 e.